The van der Waals surface area contributed by atoms with Crippen molar-refractivity contribution in [1.29, 1.82) is 0 Å². The summed E-state index contributed by atoms with van der Waals surface area (Å²) in [7, 11) is 0. The lowest BCUT2D eigenvalue weighted by molar-refractivity contribution is 0.0912. The summed E-state index contributed by atoms with van der Waals surface area (Å²) in [5.74, 6) is 0.962. The Morgan fingerprint density at radius 2 is 2.21 bits per heavy atom. The van der Waals surface area contributed by atoms with E-state index in [0.29, 0.717) is 0 Å². The minimum atomic E-state index is -0.694. The van der Waals surface area contributed by atoms with Gasteiger partial charge in [0.2, 0.25) is 0 Å². The molecule has 3 rings (SSSR count). The number of piperidine rings is 1. The number of hydrogen-bond donors (Lipinski definition) is 1. The number of amides is 1. The highest BCUT2D eigenvalue weighted by Gasteiger charge is 2.23. The predicted molar refractivity (Wildman–Crippen MR) is 73.3 cm³/mol. The van der Waals surface area contributed by atoms with Crippen LogP contribution in [-0.2, 0) is 4.74 Å². The Morgan fingerprint density at radius 1 is 1.42 bits per heavy atom. The molecule has 0 bridgehead atoms. The normalized spacial score (nSPS) is 16.7. The molecule has 0 aliphatic carbocycles. The van der Waals surface area contributed by atoms with E-state index in [-0.39, 0.29) is 6.10 Å². The van der Waals surface area contributed by atoms with Crippen molar-refractivity contribution in [2.24, 2.45) is 5.73 Å². The molecule has 1 amide bonds. The maximum absolute atomic E-state index is 10.7. The number of thiophene rings is 1. The molecule has 6 nitrogen and oxygen atoms in total. The van der Waals surface area contributed by atoms with Gasteiger partial charge >= 0.3 is 6.09 Å². The average Bonchev–Trinajstić information content (AvgIpc) is 2.87. The molecule has 0 radical (unpaired) electrons. The van der Waals surface area contributed by atoms with Gasteiger partial charge in [-0.05, 0) is 11.4 Å². The number of nitrogens with zero attached hydrogens (tertiary/aromatic N) is 3. The van der Waals surface area contributed by atoms with Crippen molar-refractivity contribution >= 4 is 33.5 Å². The molecule has 1 fully saturated rings. The Hall–Kier alpha value is -1.89. The number of nitrogens with two attached hydrogens (primary N) is 1. The first-order chi connectivity index (χ1) is 9.24. The number of rotatable bonds is 2. The molecular weight excluding hydrogens is 264 g/mol. The molecule has 1 aliphatic heterocycles. The number of anilines is 1. The molecule has 0 atom stereocenters. The van der Waals surface area contributed by atoms with Crippen molar-refractivity contribution in [2.75, 3.05) is 18.0 Å². The van der Waals surface area contributed by atoms with Crippen LogP contribution < -0.4 is 10.6 Å². The van der Waals surface area contributed by atoms with Crippen LogP contribution in [-0.4, -0.2) is 35.3 Å². The molecule has 100 valence electrons. The number of aromatic nitrogens is 2. The van der Waals surface area contributed by atoms with Crippen LogP contribution in [0.3, 0.4) is 0 Å². The van der Waals surface area contributed by atoms with E-state index in [1.54, 1.807) is 17.7 Å². The van der Waals surface area contributed by atoms with E-state index >= 15 is 0 Å². The topological polar surface area (TPSA) is 81.3 Å². The van der Waals surface area contributed by atoms with Crippen molar-refractivity contribution in [1.82, 2.24) is 9.97 Å². The third kappa shape index (κ3) is 2.46. The molecule has 19 heavy (non-hydrogen) atoms. The van der Waals surface area contributed by atoms with Gasteiger partial charge in [0, 0.05) is 25.9 Å². The number of carbonyl (C=O) groups is 1. The Kier molecular flexibility index (Phi) is 3.20. The van der Waals surface area contributed by atoms with Gasteiger partial charge < -0.3 is 15.4 Å². The Morgan fingerprint density at radius 3 is 2.95 bits per heavy atom. The van der Waals surface area contributed by atoms with Gasteiger partial charge in [0.05, 0.1) is 5.39 Å². The first kappa shape index (κ1) is 12.2. The van der Waals surface area contributed by atoms with Crippen molar-refractivity contribution in [3.8, 4) is 0 Å². The maximum atomic E-state index is 10.7. The maximum Gasteiger partial charge on any atom is 0.404 e. The summed E-state index contributed by atoms with van der Waals surface area (Å²) in [6.45, 7) is 1.61. The number of primary amides is 1. The molecule has 2 aromatic rings. The van der Waals surface area contributed by atoms with E-state index in [1.807, 2.05) is 11.4 Å². The Bertz CT molecular complexity index is 592. The molecule has 2 aromatic heterocycles. The second-order valence-corrected chi connectivity index (χ2v) is 5.35. The summed E-state index contributed by atoms with van der Waals surface area (Å²) in [4.78, 5) is 22.6. The monoisotopic (exact) mass is 278 g/mol. The molecule has 0 saturated carbocycles. The predicted octanol–water partition coefficient (Wildman–Crippen LogP) is 1.76. The van der Waals surface area contributed by atoms with Crippen LogP contribution in [0.5, 0.6) is 0 Å². The van der Waals surface area contributed by atoms with Gasteiger partial charge in [-0.25, -0.2) is 14.8 Å². The average molecular weight is 278 g/mol. The van der Waals surface area contributed by atoms with Gasteiger partial charge in [-0.15, -0.1) is 11.3 Å². The van der Waals surface area contributed by atoms with Gasteiger partial charge in [0.1, 0.15) is 23.1 Å². The van der Waals surface area contributed by atoms with Crippen molar-refractivity contribution in [3.63, 3.8) is 0 Å². The molecule has 0 spiro atoms. The minimum Gasteiger partial charge on any atom is -0.446 e. The first-order valence-corrected chi connectivity index (χ1v) is 7.01. The van der Waals surface area contributed by atoms with Gasteiger partial charge in [-0.3, -0.25) is 0 Å². The lowest BCUT2D eigenvalue weighted by atomic mass is 10.1. The van der Waals surface area contributed by atoms with Crippen molar-refractivity contribution in [3.05, 3.63) is 17.8 Å². The number of ether oxygens (including phenoxy) is 1. The third-order valence-electron chi connectivity index (χ3n) is 3.27. The fourth-order valence-corrected chi connectivity index (χ4v) is 3.11. The standard InChI is InChI=1S/C12H14N4O2S/c13-12(17)18-8-1-4-16(5-2-8)10-9-3-6-19-11(9)15-7-14-10/h3,6-8H,1-2,4-5H2,(H2,13,17). The summed E-state index contributed by atoms with van der Waals surface area (Å²) >= 11 is 1.61. The van der Waals surface area contributed by atoms with E-state index in [1.165, 1.54) is 0 Å². The summed E-state index contributed by atoms with van der Waals surface area (Å²) < 4.78 is 5.03. The smallest absolute Gasteiger partial charge is 0.404 e. The summed E-state index contributed by atoms with van der Waals surface area (Å²) in [6.07, 6.45) is 2.38. The van der Waals surface area contributed by atoms with Crippen LogP contribution in [0.15, 0.2) is 17.8 Å². The highest BCUT2D eigenvalue weighted by atomic mass is 32.1. The highest BCUT2D eigenvalue weighted by molar-refractivity contribution is 7.16. The van der Waals surface area contributed by atoms with Crippen LogP contribution in [0.4, 0.5) is 10.6 Å². The van der Waals surface area contributed by atoms with Crippen LogP contribution in [0.2, 0.25) is 0 Å². The van der Waals surface area contributed by atoms with E-state index < -0.39 is 6.09 Å². The molecule has 2 N–H and O–H groups in total. The largest absolute Gasteiger partial charge is 0.446 e. The molecule has 1 aliphatic rings. The lowest BCUT2D eigenvalue weighted by Crippen LogP contribution is -2.39. The van der Waals surface area contributed by atoms with Crippen molar-refractivity contribution in [2.45, 2.75) is 18.9 Å². The van der Waals surface area contributed by atoms with Crippen LogP contribution in [0.1, 0.15) is 12.8 Å². The van der Waals surface area contributed by atoms with Gasteiger partial charge in [0.25, 0.3) is 0 Å². The zero-order chi connectivity index (χ0) is 13.2. The van der Waals surface area contributed by atoms with E-state index in [4.69, 9.17) is 10.5 Å². The quantitative estimate of drug-likeness (QED) is 0.905. The molecule has 0 aromatic carbocycles. The fraction of sp³-hybridized carbons (Fsp3) is 0.417. The lowest BCUT2D eigenvalue weighted by Gasteiger charge is -2.32. The molecule has 0 unspecified atom stereocenters. The van der Waals surface area contributed by atoms with Crippen LogP contribution >= 0.6 is 11.3 Å². The molecule has 3 heterocycles. The fourth-order valence-electron chi connectivity index (χ4n) is 2.38. The highest BCUT2D eigenvalue weighted by Crippen LogP contribution is 2.28. The van der Waals surface area contributed by atoms with Gasteiger partial charge in [-0.2, -0.15) is 0 Å². The number of hydrogen-bond acceptors (Lipinski definition) is 6. The minimum absolute atomic E-state index is 0.0754. The number of carbonyl (C=O) groups excluding carboxylic acids is 1. The van der Waals surface area contributed by atoms with Crippen LogP contribution in [0.25, 0.3) is 10.2 Å². The number of fused-ring (bicyclic) bond motifs is 1. The first-order valence-electron chi connectivity index (χ1n) is 6.13. The summed E-state index contributed by atoms with van der Waals surface area (Å²) in [6, 6.07) is 2.04. The Balaban J connectivity index is 1.75. The SMILES string of the molecule is NC(=O)OC1CCN(c2ncnc3sccc23)CC1. The third-order valence-corrected chi connectivity index (χ3v) is 4.09. The van der Waals surface area contributed by atoms with Crippen LogP contribution in [0, 0.1) is 0 Å². The van der Waals surface area contributed by atoms with Gasteiger partial charge in [-0.1, -0.05) is 0 Å². The second-order valence-electron chi connectivity index (χ2n) is 4.46. The zero-order valence-corrected chi connectivity index (χ0v) is 11.1. The summed E-state index contributed by atoms with van der Waals surface area (Å²) in [5.41, 5.74) is 5.04. The molecular formula is C12H14N4O2S. The van der Waals surface area contributed by atoms with Crippen molar-refractivity contribution < 1.29 is 9.53 Å². The Labute approximate surface area is 114 Å². The molecule has 1 saturated heterocycles. The zero-order valence-electron chi connectivity index (χ0n) is 10.3. The van der Waals surface area contributed by atoms with Gasteiger partial charge in [0.15, 0.2) is 0 Å². The summed E-state index contributed by atoms with van der Waals surface area (Å²) in [5, 5.41) is 3.10. The van der Waals surface area contributed by atoms with E-state index in [2.05, 4.69) is 14.9 Å². The van der Waals surface area contributed by atoms with E-state index in [0.717, 1.165) is 42.0 Å². The van der Waals surface area contributed by atoms with E-state index in [9.17, 15) is 4.79 Å². The molecule has 7 heteroatoms. The second kappa shape index (κ2) is 5.00.